The van der Waals surface area contributed by atoms with E-state index in [2.05, 4.69) is 15.3 Å². The summed E-state index contributed by atoms with van der Waals surface area (Å²) in [6.07, 6.45) is 3.16. The summed E-state index contributed by atoms with van der Waals surface area (Å²) in [6, 6.07) is 9.05. The molecule has 0 aliphatic carbocycles. The molecule has 0 aliphatic heterocycles. The molecule has 0 fully saturated rings. The Bertz CT molecular complexity index is 497. The van der Waals surface area contributed by atoms with Gasteiger partial charge in [0, 0.05) is 18.0 Å². The van der Waals surface area contributed by atoms with Crippen LogP contribution in [0.1, 0.15) is 15.9 Å². The fourth-order valence-electron chi connectivity index (χ4n) is 1.32. The molecular formula is C12H11N3O. The van der Waals surface area contributed by atoms with Crippen LogP contribution in [0, 0.1) is 6.92 Å². The molecule has 0 unspecified atom stereocenters. The molecule has 0 radical (unpaired) electrons. The summed E-state index contributed by atoms with van der Waals surface area (Å²) >= 11 is 0. The van der Waals surface area contributed by atoms with Crippen molar-refractivity contribution >= 4 is 11.9 Å². The molecule has 1 aromatic carbocycles. The molecule has 1 heterocycles. The number of nitrogens with one attached hydrogen (secondary N) is 1. The summed E-state index contributed by atoms with van der Waals surface area (Å²) in [5.74, 6) is 0.115. The van der Waals surface area contributed by atoms with Gasteiger partial charge in [-0.15, -0.1) is 0 Å². The molecule has 4 nitrogen and oxygen atoms in total. The van der Waals surface area contributed by atoms with E-state index < -0.39 is 0 Å². The van der Waals surface area contributed by atoms with Crippen molar-refractivity contribution in [2.75, 3.05) is 5.32 Å². The minimum absolute atomic E-state index is 0.199. The topological polar surface area (TPSA) is 54.9 Å². The molecule has 0 saturated heterocycles. The van der Waals surface area contributed by atoms with Gasteiger partial charge < -0.3 is 0 Å². The summed E-state index contributed by atoms with van der Waals surface area (Å²) in [5.41, 5.74) is 1.65. The lowest BCUT2D eigenvalue weighted by atomic mass is 10.1. The van der Waals surface area contributed by atoms with Gasteiger partial charge in [0.1, 0.15) is 0 Å². The van der Waals surface area contributed by atoms with Crippen molar-refractivity contribution in [3.63, 3.8) is 0 Å². The van der Waals surface area contributed by atoms with Gasteiger partial charge in [-0.25, -0.2) is 9.97 Å². The summed E-state index contributed by atoms with van der Waals surface area (Å²) in [5, 5.41) is 2.62. The normalized spacial score (nSPS) is 9.81. The fraction of sp³-hybridized carbons (Fsp3) is 0.0833. The second-order valence-electron chi connectivity index (χ2n) is 3.40. The first-order valence-electron chi connectivity index (χ1n) is 4.91. The lowest BCUT2D eigenvalue weighted by molar-refractivity contribution is 0.102. The van der Waals surface area contributed by atoms with Crippen LogP contribution in [0.3, 0.4) is 0 Å². The van der Waals surface area contributed by atoms with Crippen molar-refractivity contribution < 1.29 is 4.79 Å². The van der Waals surface area contributed by atoms with Crippen LogP contribution in [-0.2, 0) is 0 Å². The van der Waals surface area contributed by atoms with E-state index in [0.29, 0.717) is 11.5 Å². The molecule has 2 rings (SSSR count). The molecule has 1 amide bonds. The van der Waals surface area contributed by atoms with Gasteiger partial charge in [-0.05, 0) is 25.1 Å². The third-order valence-corrected chi connectivity index (χ3v) is 2.07. The van der Waals surface area contributed by atoms with Crippen molar-refractivity contribution in [3.05, 3.63) is 53.9 Å². The predicted molar refractivity (Wildman–Crippen MR) is 61.2 cm³/mol. The predicted octanol–water partition coefficient (Wildman–Crippen LogP) is 2.04. The second-order valence-corrected chi connectivity index (χ2v) is 3.40. The van der Waals surface area contributed by atoms with Gasteiger partial charge in [0.15, 0.2) is 0 Å². The summed E-state index contributed by atoms with van der Waals surface area (Å²) in [7, 11) is 0. The molecule has 0 atom stereocenters. The Kier molecular flexibility index (Phi) is 2.91. The van der Waals surface area contributed by atoms with Crippen molar-refractivity contribution in [1.82, 2.24) is 9.97 Å². The Morgan fingerprint density at radius 2 is 1.94 bits per heavy atom. The van der Waals surface area contributed by atoms with Crippen molar-refractivity contribution in [2.24, 2.45) is 0 Å². The van der Waals surface area contributed by atoms with Gasteiger partial charge >= 0.3 is 0 Å². The van der Waals surface area contributed by atoms with Crippen LogP contribution in [0.25, 0.3) is 0 Å². The van der Waals surface area contributed by atoms with Crippen LogP contribution in [0.2, 0.25) is 0 Å². The molecule has 0 bridgehead atoms. The molecule has 80 valence electrons. The van der Waals surface area contributed by atoms with Crippen molar-refractivity contribution in [2.45, 2.75) is 6.92 Å². The number of benzene rings is 1. The molecule has 1 aromatic heterocycles. The monoisotopic (exact) mass is 213 g/mol. The first kappa shape index (κ1) is 10.3. The fourth-order valence-corrected chi connectivity index (χ4v) is 1.32. The van der Waals surface area contributed by atoms with E-state index in [-0.39, 0.29) is 5.91 Å². The van der Waals surface area contributed by atoms with E-state index in [1.807, 2.05) is 25.1 Å². The molecular weight excluding hydrogens is 202 g/mol. The number of anilines is 1. The number of rotatable bonds is 2. The highest BCUT2D eigenvalue weighted by atomic mass is 16.1. The number of aryl methyl sites for hydroxylation is 1. The summed E-state index contributed by atoms with van der Waals surface area (Å²) in [4.78, 5) is 19.6. The first-order valence-corrected chi connectivity index (χ1v) is 4.91. The van der Waals surface area contributed by atoms with E-state index in [4.69, 9.17) is 0 Å². The highest BCUT2D eigenvalue weighted by Gasteiger charge is 2.06. The van der Waals surface area contributed by atoms with Crippen LogP contribution in [-0.4, -0.2) is 15.9 Å². The van der Waals surface area contributed by atoms with E-state index in [1.165, 1.54) is 0 Å². The average Bonchev–Trinajstić information content (AvgIpc) is 2.30. The maximum absolute atomic E-state index is 11.8. The van der Waals surface area contributed by atoms with Crippen LogP contribution >= 0.6 is 0 Å². The summed E-state index contributed by atoms with van der Waals surface area (Å²) < 4.78 is 0. The quantitative estimate of drug-likeness (QED) is 0.830. The third-order valence-electron chi connectivity index (χ3n) is 2.07. The minimum atomic E-state index is -0.199. The van der Waals surface area contributed by atoms with Gasteiger partial charge in [0.2, 0.25) is 5.95 Å². The zero-order valence-corrected chi connectivity index (χ0v) is 8.84. The lowest BCUT2D eigenvalue weighted by Crippen LogP contribution is -2.13. The van der Waals surface area contributed by atoms with Crippen molar-refractivity contribution in [3.8, 4) is 0 Å². The number of hydrogen-bond donors (Lipinski definition) is 1. The number of carbonyl (C=O) groups excluding carboxylic acids is 1. The van der Waals surface area contributed by atoms with Crippen LogP contribution in [0.4, 0.5) is 5.95 Å². The maximum Gasteiger partial charge on any atom is 0.258 e. The highest BCUT2D eigenvalue weighted by Crippen LogP contribution is 2.06. The Balaban J connectivity index is 2.15. The van der Waals surface area contributed by atoms with E-state index in [0.717, 1.165) is 5.56 Å². The molecule has 0 spiro atoms. The second kappa shape index (κ2) is 4.53. The number of hydrogen-bond acceptors (Lipinski definition) is 3. The van der Waals surface area contributed by atoms with E-state index >= 15 is 0 Å². The van der Waals surface area contributed by atoms with Crippen LogP contribution < -0.4 is 5.32 Å². The van der Waals surface area contributed by atoms with Gasteiger partial charge in [-0.3, -0.25) is 10.1 Å². The van der Waals surface area contributed by atoms with Gasteiger partial charge in [0.25, 0.3) is 5.91 Å². The number of amides is 1. The van der Waals surface area contributed by atoms with Crippen LogP contribution in [0.5, 0.6) is 0 Å². The molecule has 0 saturated carbocycles. The smallest absolute Gasteiger partial charge is 0.258 e. The standard InChI is InChI=1S/C12H11N3O/c1-9-4-2-5-10(8-9)11(16)15-12-13-6-3-7-14-12/h2-8H,1H3,(H,13,14,15,16). The zero-order chi connectivity index (χ0) is 11.4. The maximum atomic E-state index is 11.8. The third kappa shape index (κ3) is 2.42. The largest absolute Gasteiger partial charge is 0.290 e. The summed E-state index contributed by atoms with van der Waals surface area (Å²) in [6.45, 7) is 1.94. The number of aromatic nitrogens is 2. The van der Waals surface area contributed by atoms with Crippen LogP contribution in [0.15, 0.2) is 42.7 Å². The minimum Gasteiger partial charge on any atom is -0.290 e. The Labute approximate surface area is 93.4 Å². The molecule has 4 heteroatoms. The Hall–Kier alpha value is -2.23. The van der Waals surface area contributed by atoms with Gasteiger partial charge in [0.05, 0.1) is 0 Å². The Morgan fingerprint density at radius 1 is 1.19 bits per heavy atom. The van der Waals surface area contributed by atoms with E-state index in [9.17, 15) is 4.79 Å². The SMILES string of the molecule is Cc1cccc(C(=O)Nc2ncccn2)c1. The molecule has 0 aliphatic rings. The number of carbonyl (C=O) groups is 1. The lowest BCUT2D eigenvalue weighted by Gasteiger charge is -2.03. The first-order chi connectivity index (χ1) is 7.75. The molecule has 2 aromatic rings. The zero-order valence-electron chi connectivity index (χ0n) is 8.84. The average molecular weight is 213 g/mol. The highest BCUT2D eigenvalue weighted by molar-refractivity contribution is 6.03. The van der Waals surface area contributed by atoms with Gasteiger partial charge in [-0.2, -0.15) is 0 Å². The molecule has 1 N–H and O–H groups in total. The number of nitrogens with zero attached hydrogens (tertiary/aromatic N) is 2. The van der Waals surface area contributed by atoms with Gasteiger partial charge in [-0.1, -0.05) is 17.7 Å². The molecule has 16 heavy (non-hydrogen) atoms. The van der Waals surface area contributed by atoms with Crippen molar-refractivity contribution in [1.29, 1.82) is 0 Å². The van der Waals surface area contributed by atoms with E-state index in [1.54, 1.807) is 24.5 Å². The Morgan fingerprint density at radius 3 is 2.62 bits per heavy atom.